The number of carbonyl (C=O) groups excluding carboxylic acids is 2. The molecule has 2 heterocycles. The first-order valence-corrected chi connectivity index (χ1v) is 13.5. The van der Waals surface area contributed by atoms with Crippen molar-refractivity contribution < 1.29 is 33.6 Å². The maximum Gasteiger partial charge on any atom is 0.301 e. The number of benzene rings is 3. The Morgan fingerprint density at radius 2 is 1.62 bits per heavy atom. The van der Waals surface area contributed by atoms with Crippen LogP contribution in [0.15, 0.2) is 66.2 Å². The second kappa shape index (κ2) is 11.3. The monoisotopic (exact) mass is 560 g/mol. The van der Waals surface area contributed by atoms with Gasteiger partial charge in [-0.05, 0) is 74.0 Å². The van der Waals surface area contributed by atoms with E-state index < -0.39 is 17.7 Å². The van der Waals surface area contributed by atoms with Crippen LogP contribution in [0.4, 0.5) is 5.13 Å². The van der Waals surface area contributed by atoms with E-state index in [0.717, 1.165) is 4.70 Å². The van der Waals surface area contributed by atoms with Gasteiger partial charge in [-0.1, -0.05) is 17.4 Å². The van der Waals surface area contributed by atoms with E-state index in [9.17, 15) is 14.7 Å². The lowest BCUT2D eigenvalue weighted by atomic mass is 9.95. The number of hydrogen-bond donors (Lipinski definition) is 1. The molecule has 1 aromatic heterocycles. The van der Waals surface area contributed by atoms with Crippen LogP contribution in [0.25, 0.3) is 16.0 Å². The van der Waals surface area contributed by atoms with Crippen LogP contribution in [0, 0.1) is 0 Å². The number of methoxy groups -OCH3 is 2. The largest absolute Gasteiger partial charge is 0.507 e. The Bertz CT molecular complexity index is 1610. The van der Waals surface area contributed by atoms with Gasteiger partial charge in [0, 0.05) is 5.56 Å². The third kappa shape index (κ3) is 4.82. The molecule has 1 amide bonds. The van der Waals surface area contributed by atoms with Crippen molar-refractivity contribution in [2.75, 3.05) is 32.3 Å². The van der Waals surface area contributed by atoms with Crippen molar-refractivity contribution in [3.05, 3.63) is 77.4 Å². The summed E-state index contributed by atoms with van der Waals surface area (Å²) >= 11 is 1.26. The highest BCUT2D eigenvalue weighted by Crippen LogP contribution is 2.46. The van der Waals surface area contributed by atoms with Crippen molar-refractivity contribution in [2.24, 2.45) is 0 Å². The zero-order valence-corrected chi connectivity index (χ0v) is 23.3. The van der Waals surface area contributed by atoms with Crippen LogP contribution in [0.3, 0.4) is 0 Å². The summed E-state index contributed by atoms with van der Waals surface area (Å²) in [6.07, 6.45) is 0. The second-order valence-corrected chi connectivity index (χ2v) is 9.81. The second-order valence-electron chi connectivity index (χ2n) is 8.80. The molecular formula is C30H28N2O7S. The van der Waals surface area contributed by atoms with Gasteiger partial charge in [-0.3, -0.25) is 14.5 Å². The van der Waals surface area contributed by atoms with Gasteiger partial charge in [0.1, 0.15) is 17.3 Å². The van der Waals surface area contributed by atoms with E-state index >= 15 is 0 Å². The summed E-state index contributed by atoms with van der Waals surface area (Å²) in [6, 6.07) is 16.3. The fourth-order valence-electron chi connectivity index (χ4n) is 4.63. The van der Waals surface area contributed by atoms with E-state index in [4.69, 9.17) is 18.9 Å². The van der Waals surface area contributed by atoms with Gasteiger partial charge in [0.25, 0.3) is 5.78 Å². The third-order valence-electron chi connectivity index (χ3n) is 6.48. The van der Waals surface area contributed by atoms with Crippen molar-refractivity contribution in [1.82, 2.24) is 4.98 Å². The average molecular weight is 561 g/mol. The summed E-state index contributed by atoms with van der Waals surface area (Å²) in [5.41, 5.74) is 1.51. The van der Waals surface area contributed by atoms with Gasteiger partial charge in [-0.25, -0.2) is 4.98 Å². The van der Waals surface area contributed by atoms with Gasteiger partial charge in [0.05, 0.1) is 49.3 Å². The Kier molecular flexibility index (Phi) is 7.61. The number of ether oxygens (including phenoxy) is 4. The van der Waals surface area contributed by atoms with Crippen LogP contribution in [0.1, 0.15) is 31.0 Å². The number of aliphatic hydroxyl groups is 1. The molecule has 206 valence electrons. The maximum absolute atomic E-state index is 13.6. The van der Waals surface area contributed by atoms with Crippen molar-refractivity contribution >= 4 is 44.1 Å². The highest BCUT2D eigenvalue weighted by atomic mass is 32.1. The molecule has 3 aromatic carbocycles. The molecule has 1 saturated heterocycles. The summed E-state index contributed by atoms with van der Waals surface area (Å²) in [7, 11) is 3.05. The van der Waals surface area contributed by atoms with Gasteiger partial charge in [-0.2, -0.15) is 0 Å². The van der Waals surface area contributed by atoms with Gasteiger partial charge < -0.3 is 24.1 Å². The van der Waals surface area contributed by atoms with Crippen molar-refractivity contribution in [3.8, 4) is 23.0 Å². The fraction of sp³-hybridized carbons (Fsp3) is 0.233. The number of nitrogens with zero attached hydrogens (tertiary/aromatic N) is 2. The lowest BCUT2D eigenvalue weighted by Crippen LogP contribution is -2.29. The van der Waals surface area contributed by atoms with E-state index in [0.29, 0.717) is 58.0 Å². The van der Waals surface area contributed by atoms with Crippen LogP contribution in [0.5, 0.6) is 23.0 Å². The van der Waals surface area contributed by atoms with Crippen LogP contribution in [-0.4, -0.2) is 49.2 Å². The summed E-state index contributed by atoms with van der Waals surface area (Å²) in [5.74, 6) is 0.299. The molecule has 1 unspecified atom stereocenters. The zero-order valence-electron chi connectivity index (χ0n) is 22.5. The number of carbonyl (C=O) groups is 2. The van der Waals surface area contributed by atoms with Crippen LogP contribution >= 0.6 is 11.3 Å². The normalized spacial score (nSPS) is 16.4. The first-order valence-electron chi connectivity index (χ1n) is 12.7. The van der Waals surface area contributed by atoms with Crippen LogP contribution in [-0.2, 0) is 9.59 Å². The smallest absolute Gasteiger partial charge is 0.301 e. The van der Waals surface area contributed by atoms with Crippen LogP contribution in [0.2, 0.25) is 0 Å². The maximum atomic E-state index is 13.6. The Balaban J connectivity index is 1.70. The molecule has 0 spiro atoms. The molecule has 0 bridgehead atoms. The quantitative estimate of drug-likeness (QED) is 0.157. The molecule has 1 aliphatic rings. The van der Waals surface area contributed by atoms with Crippen molar-refractivity contribution in [1.29, 1.82) is 0 Å². The Morgan fingerprint density at radius 3 is 2.30 bits per heavy atom. The Morgan fingerprint density at radius 1 is 0.900 bits per heavy atom. The number of anilines is 1. The van der Waals surface area contributed by atoms with Crippen molar-refractivity contribution in [3.63, 3.8) is 0 Å². The molecule has 0 radical (unpaired) electrons. The molecule has 1 N–H and O–H groups in total. The molecule has 4 aromatic rings. The topological polar surface area (TPSA) is 107 Å². The summed E-state index contributed by atoms with van der Waals surface area (Å²) in [5, 5.41) is 11.7. The number of aromatic nitrogens is 1. The molecule has 0 saturated carbocycles. The predicted molar refractivity (Wildman–Crippen MR) is 153 cm³/mol. The summed E-state index contributed by atoms with van der Waals surface area (Å²) < 4.78 is 22.8. The Hall–Kier alpha value is -4.57. The molecule has 5 rings (SSSR count). The molecule has 0 aliphatic carbocycles. The number of rotatable bonds is 9. The molecule has 40 heavy (non-hydrogen) atoms. The fourth-order valence-corrected chi connectivity index (χ4v) is 5.65. The van der Waals surface area contributed by atoms with Crippen molar-refractivity contribution in [2.45, 2.75) is 19.9 Å². The SMILES string of the molecule is CCOc1ccc2nc(N3C(=O)C(=O)C(=C(O)c4ccc(OC)cc4)C3c3ccc(OCC)c(OC)c3)sc2c1. The molecule has 1 aliphatic heterocycles. The van der Waals surface area contributed by atoms with E-state index in [1.54, 1.807) is 42.5 Å². The average Bonchev–Trinajstić information content (AvgIpc) is 3.50. The van der Waals surface area contributed by atoms with Gasteiger partial charge >= 0.3 is 5.91 Å². The molecule has 10 heteroatoms. The number of Topliss-reactive ketones (excluding diaryl/α,β-unsaturated/α-hetero) is 1. The van der Waals surface area contributed by atoms with E-state index in [1.165, 1.54) is 30.5 Å². The summed E-state index contributed by atoms with van der Waals surface area (Å²) in [4.78, 5) is 33.2. The Labute approximate surface area is 235 Å². The van der Waals surface area contributed by atoms with Gasteiger partial charge in [0.15, 0.2) is 16.6 Å². The lowest BCUT2D eigenvalue weighted by molar-refractivity contribution is -0.132. The highest BCUT2D eigenvalue weighted by molar-refractivity contribution is 7.22. The minimum atomic E-state index is -0.974. The number of aliphatic hydroxyl groups excluding tert-OH is 1. The van der Waals surface area contributed by atoms with E-state index in [-0.39, 0.29) is 11.3 Å². The van der Waals surface area contributed by atoms with Gasteiger partial charge in [0.2, 0.25) is 0 Å². The molecule has 1 atom stereocenters. The number of ketones is 1. The third-order valence-corrected chi connectivity index (χ3v) is 7.49. The van der Waals surface area contributed by atoms with E-state index in [2.05, 4.69) is 4.98 Å². The number of amides is 1. The summed E-state index contributed by atoms with van der Waals surface area (Å²) in [6.45, 7) is 4.70. The zero-order chi connectivity index (χ0) is 28.4. The number of thiazole rings is 1. The first-order chi connectivity index (χ1) is 19.4. The van der Waals surface area contributed by atoms with Gasteiger partial charge in [-0.15, -0.1) is 0 Å². The number of fused-ring (bicyclic) bond motifs is 1. The first kappa shape index (κ1) is 27.0. The minimum absolute atomic E-state index is 0.0596. The molecule has 9 nitrogen and oxygen atoms in total. The number of hydrogen-bond acceptors (Lipinski definition) is 9. The molecule has 1 fully saturated rings. The predicted octanol–water partition coefficient (Wildman–Crippen LogP) is 5.74. The van der Waals surface area contributed by atoms with Crippen LogP contribution < -0.4 is 23.8 Å². The van der Waals surface area contributed by atoms with E-state index in [1.807, 2.05) is 32.0 Å². The standard InChI is InChI=1S/C30H28N2O7S/c1-5-38-20-12-13-21-24(16-20)40-30(31-21)32-26(18-9-14-22(39-6-2)23(15-18)37-4)25(28(34)29(32)35)27(33)17-7-10-19(36-3)11-8-17/h7-16,26,33H,5-6H2,1-4H3. The minimum Gasteiger partial charge on any atom is -0.507 e. The lowest BCUT2D eigenvalue weighted by Gasteiger charge is -2.24. The highest BCUT2D eigenvalue weighted by Gasteiger charge is 2.48. The molecular weight excluding hydrogens is 532 g/mol.